The Labute approximate surface area is 90.0 Å². The monoisotopic (exact) mass is 213 g/mol. The van der Waals surface area contributed by atoms with Gasteiger partial charge in [-0.25, -0.2) is 5.90 Å². The summed E-state index contributed by atoms with van der Waals surface area (Å²) in [6, 6.07) is 6.12. The Hall–Kier alpha value is -0.570. The number of benzene rings is 1. The zero-order valence-electron chi connectivity index (χ0n) is 8.59. The van der Waals surface area contributed by atoms with Crippen LogP contribution < -0.4 is 5.90 Å². The summed E-state index contributed by atoms with van der Waals surface area (Å²) in [7, 11) is 0. The minimum Gasteiger partial charge on any atom is -0.304 e. The average molecular weight is 214 g/mol. The Bertz CT molecular complexity index is 299. The Morgan fingerprint density at radius 1 is 1.43 bits per heavy atom. The highest BCUT2D eigenvalue weighted by Gasteiger charge is 2.05. The summed E-state index contributed by atoms with van der Waals surface area (Å²) < 4.78 is 0. The van der Waals surface area contributed by atoms with Crippen LogP contribution in [-0.2, 0) is 11.3 Å². The molecule has 14 heavy (non-hydrogen) atoms. The third-order valence-corrected chi connectivity index (χ3v) is 2.52. The first-order chi connectivity index (χ1) is 6.65. The van der Waals surface area contributed by atoms with E-state index < -0.39 is 0 Å². The van der Waals surface area contributed by atoms with Crippen molar-refractivity contribution in [2.45, 2.75) is 26.2 Å². The minimum atomic E-state index is 0.460. The number of hydrogen-bond acceptors (Lipinski definition) is 2. The lowest BCUT2D eigenvalue weighted by molar-refractivity contribution is 0.141. The molecule has 0 amide bonds. The Morgan fingerprint density at radius 2 is 2.14 bits per heavy atom. The van der Waals surface area contributed by atoms with Crippen LogP contribution in [0.15, 0.2) is 18.2 Å². The van der Waals surface area contributed by atoms with E-state index in [9.17, 15) is 0 Å². The van der Waals surface area contributed by atoms with E-state index in [1.807, 2.05) is 6.07 Å². The Balaban J connectivity index is 2.78. The fourth-order valence-electron chi connectivity index (χ4n) is 1.37. The van der Waals surface area contributed by atoms with Gasteiger partial charge in [-0.2, -0.15) is 0 Å². The van der Waals surface area contributed by atoms with Crippen molar-refractivity contribution in [3.63, 3.8) is 0 Å². The Morgan fingerprint density at radius 3 is 2.64 bits per heavy atom. The van der Waals surface area contributed by atoms with Gasteiger partial charge in [0.1, 0.15) is 0 Å². The lowest BCUT2D eigenvalue weighted by atomic mass is 10.0. The molecule has 0 aliphatic heterocycles. The van der Waals surface area contributed by atoms with Gasteiger partial charge in [0.25, 0.3) is 0 Å². The molecule has 2 nitrogen and oxygen atoms in total. The number of halogens is 1. The molecule has 0 unspecified atom stereocenters. The summed E-state index contributed by atoms with van der Waals surface area (Å²) in [6.45, 7) is 4.78. The number of rotatable bonds is 4. The van der Waals surface area contributed by atoms with Crippen molar-refractivity contribution in [3.8, 4) is 0 Å². The van der Waals surface area contributed by atoms with Crippen molar-refractivity contribution >= 4 is 11.6 Å². The molecular weight excluding hydrogens is 198 g/mol. The van der Waals surface area contributed by atoms with Crippen LogP contribution in [0.5, 0.6) is 0 Å². The van der Waals surface area contributed by atoms with E-state index in [1.165, 1.54) is 5.56 Å². The van der Waals surface area contributed by atoms with Crippen molar-refractivity contribution in [2.24, 2.45) is 5.90 Å². The van der Waals surface area contributed by atoms with Crippen LogP contribution in [0.25, 0.3) is 0 Å². The van der Waals surface area contributed by atoms with Crippen LogP contribution in [0.4, 0.5) is 0 Å². The second-order valence-electron chi connectivity index (χ2n) is 3.63. The average Bonchev–Trinajstić information content (AvgIpc) is 2.14. The molecule has 1 aromatic rings. The second-order valence-corrected chi connectivity index (χ2v) is 4.04. The topological polar surface area (TPSA) is 35.2 Å². The zero-order valence-corrected chi connectivity index (χ0v) is 9.34. The van der Waals surface area contributed by atoms with Crippen LogP contribution in [0.3, 0.4) is 0 Å². The van der Waals surface area contributed by atoms with Crippen molar-refractivity contribution in [1.82, 2.24) is 0 Å². The van der Waals surface area contributed by atoms with E-state index >= 15 is 0 Å². The van der Waals surface area contributed by atoms with Crippen LogP contribution in [0.2, 0.25) is 5.02 Å². The van der Waals surface area contributed by atoms with E-state index in [2.05, 4.69) is 30.8 Å². The van der Waals surface area contributed by atoms with Crippen molar-refractivity contribution in [1.29, 1.82) is 0 Å². The van der Waals surface area contributed by atoms with Crippen LogP contribution >= 0.6 is 11.6 Å². The highest BCUT2D eigenvalue weighted by atomic mass is 35.5. The standard InChI is InChI=1S/C11H16ClNO/c1-8(2)10-4-3-9(5-6-14-13)7-11(10)12/h3-4,7-8H,5-6,13H2,1-2H3. The molecule has 1 aromatic carbocycles. The van der Waals surface area contributed by atoms with Gasteiger partial charge in [-0.3, -0.25) is 0 Å². The molecule has 0 aromatic heterocycles. The molecule has 0 heterocycles. The van der Waals surface area contributed by atoms with Gasteiger partial charge >= 0.3 is 0 Å². The summed E-state index contributed by atoms with van der Waals surface area (Å²) in [4.78, 5) is 4.52. The van der Waals surface area contributed by atoms with Gasteiger partial charge in [0.05, 0.1) is 6.61 Å². The van der Waals surface area contributed by atoms with E-state index in [0.717, 1.165) is 17.0 Å². The predicted octanol–water partition coefficient (Wildman–Crippen LogP) is 2.90. The van der Waals surface area contributed by atoms with Gasteiger partial charge in [-0.05, 0) is 29.5 Å². The summed E-state index contributed by atoms with van der Waals surface area (Å²) >= 11 is 6.13. The van der Waals surface area contributed by atoms with Crippen LogP contribution in [0, 0.1) is 0 Å². The maximum absolute atomic E-state index is 6.13. The third kappa shape index (κ3) is 2.98. The maximum atomic E-state index is 6.13. The smallest absolute Gasteiger partial charge is 0.0719 e. The van der Waals surface area contributed by atoms with Crippen molar-refractivity contribution < 1.29 is 4.84 Å². The normalized spacial score (nSPS) is 10.9. The van der Waals surface area contributed by atoms with Crippen LogP contribution in [0.1, 0.15) is 30.9 Å². The molecule has 0 fully saturated rings. The van der Waals surface area contributed by atoms with E-state index in [-0.39, 0.29) is 0 Å². The fraction of sp³-hybridized carbons (Fsp3) is 0.455. The fourth-order valence-corrected chi connectivity index (χ4v) is 1.79. The molecule has 0 radical (unpaired) electrons. The van der Waals surface area contributed by atoms with Gasteiger partial charge in [0, 0.05) is 5.02 Å². The molecule has 0 saturated heterocycles. The zero-order chi connectivity index (χ0) is 10.6. The lowest BCUT2D eigenvalue weighted by Crippen LogP contribution is -2.03. The highest BCUT2D eigenvalue weighted by Crippen LogP contribution is 2.25. The summed E-state index contributed by atoms with van der Waals surface area (Å²) in [5, 5.41) is 0.828. The van der Waals surface area contributed by atoms with Gasteiger partial charge in [0.15, 0.2) is 0 Å². The molecule has 0 saturated carbocycles. The molecule has 3 heteroatoms. The summed E-state index contributed by atoms with van der Waals surface area (Å²) in [5.74, 6) is 5.42. The van der Waals surface area contributed by atoms with E-state index in [1.54, 1.807) is 0 Å². The molecule has 0 bridgehead atoms. The molecule has 0 atom stereocenters. The largest absolute Gasteiger partial charge is 0.304 e. The molecular formula is C11H16ClNO. The lowest BCUT2D eigenvalue weighted by Gasteiger charge is -2.09. The van der Waals surface area contributed by atoms with Crippen molar-refractivity contribution in [3.05, 3.63) is 34.3 Å². The summed E-state index contributed by atoms with van der Waals surface area (Å²) in [5.41, 5.74) is 2.34. The summed E-state index contributed by atoms with van der Waals surface area (Å²) in [6.07, 6.45) is 0.800. The second kappa shape index (κ2) is 5.35. The Kier molecular flexibility index (Phi) is 4.39. The number of hydrogen-bond donors (Lipinski definition) is 1. The SMILES string of the molecule is CC(C)c1ccc(CCON)cc1Cl. The molecule has 1 rings (SSSR count). The maximum Gasteiger partial charge on any atom is 0.0719 e. The van der Waals surface area contributed by atoms with Gasteiger partial charge in [0.2, 0.25) is 0 Å². The van der Waals surface area contributed by atoms with Crippen LogP contribution in [-0.4, -0.2) is 6.61 Å². The van der Waals surface area contributed by atoms with Gasteiger partial charge in [-0.1, -0.05) is 37.6 Å². The first kappa shape index (κ1) is 11.5. The van der Waals surface area contributed by atoms with E-state index in [0.29, 0.717) is 12.5 Å². The number of nitrogens with two attached hydrogens (primary N) is 1. The quantitative estimate of drug-likeness (QED) is 0.781. The first-order valence-corrected chi connectivity index (χ1v) is 5.13. The molecule has 0 aliphatic carbocycles. The van der Waals surface area contributed by atoms with E-state index in [4.69, 9.17) is 17.5 Å². The van der Waals surface area contributed by atoms with Gasteiger partial charge in [-0.15, -0.1) is 0 Å². The molecule has 0 spiro atoms. The highest BCUT2D eigenvalue weighted by molar-refractivity contribution is 6.31. The predicted molar refractivity (Wildman–Crippen MR) is 59.4 cm³/mol. The molecule has 2 N–H and O–H groups in total. The first-order valence-electron chi connectivity index (χ1n) is 4.75. The molecule has 0 aliphatic rings. The molecule has 78 valence electrons. The minimum absolute atomic E-state index is 0.460. The third-order valence-electron chi connectivity index (χ3n) is 2.20. The van der Waals surface area contributed by atoms with Crippen molar-refractivity contribution in [2.75, 3.05) is 6.61 Å². The van der Waals surface area contributed by atoms with Gasteiger partial charge < -0.3 is 4.84 Å².